The van der Waals surface area contributed by atoms with E-state index in [1.165, 1.54) is 19.1 Å². The molecular weight excluding hydrogens is 479 g/mol. The van der Waals surface area contributed by atoms with Gasteiger partial charge in [-0.25, -0.2) is 17.8 Å². The van der Waals surface area contributed by atoms with Crippen LogP contribution in [0.1, 0.15) is 37.2 Å². The normalized spacial score (nSPS) is 24.7. The molecule has 36 heavy (non-hydrogen) atoms. The van der Waals surface area contributed by atoms with Crippen molar-refractivity contribution in [3.63, 3.8) is 0 Å². The third-order valence-electron chi connectivity index (χ3n) is 8.29. The molecule has 2 N–H and O–H groups in total. The molecule has 0 amide bonds. The highest BCUT2D eigenvalue weighted by molar-refractivity contribution is 7.90. The average molecular weight is 513 g/mol. The molecule has 3 aliphatic heterocycles. The van der Waals surface area contributed by atoms with Crippen molar-refractivity contribution in [2.45, 2.75) is 48.6 Å². The predicted octanol–water partition coefficient (Wildman–Crippen LogP) is 3.72. The summed E-state index contributed by atoms with van der Waals surface area (Å²) in [4.78, 5) is 10.7. The molecule has 0 spiro atoms. The molecule has 0 radical (unpaired) electrons. The number of imidazole rings is 1. The van der Waals surface area contributed by atoms with Crippen molar-refractivity contribution in [1.82, 2.24) is 20.2 Å². The lowest BCUT2D eigenvalue weighted by molar-refractivity contribution is -0.0958. The molecule has 4 heterocycles. The molecule has 6 rings (SSSR count). The maximum Gasteiger partial charge on any atom is 0.175 e. The number of piperidine rings is 2. The summed E-state index contributed by atoms with van der Waals surface area (Å²) >= 11 is 0. The SMILES string of the molecule is CS(=O)(=O)c1ccc(-c2nc3ccc(C4CCN(C5CCNCC5)[C@@H](C5COC5)C4)c(F)c3[nH]2)cc1. The summed E-state index contributed by atoms with van der Waals surface area (Å²) in [6, 6.07) is 11.4. The highest BCUT2D eigenvalue weighted by atomic mass is 32.2. The summed E-state index contributed by atoms with van der Waals surface area (Å²) in [6.45, 7) is 4.76. The minimum Gasteiger partial charge on any atom is -0.381 e. The number of likely N-dealkylation sites (tertiary alicyclic amines) is 1. The van der Waals surface area contributed by atoms with Gasteiger partial charge in [0.1, 0.15) is 11.3 Å². The quantitative estimate of drug-likeness (QED) is 0.542. The summed E-state index contributed by atoms with van der Waals surface area (Å²) in [5, 5.41) is 3.47. The lowest BCUT2D eigenvalue weighted by Crippen LogP contribution is -2.57. The molecule has 0 bridgehead atoms. The van der Waals surface area contributed by atoms with Crippen LogP contribution >= 0.6 is 0 Å². The standard InChI is InChI=1S/C27H33FN4O3S/c1-36(33,34)21-4-2-17(3-5-21)27-30-23-7-6-22(25(28)26(23)31-27)18-10-13-32(20-8-11-29-12-9-20)24(14-18)19-15-35-16-19/h2-7,18-20,24,29H,8-16H2,1H3,(H,30,31)/t18?,24-/m1/s1. The molecule has 3 saturated heterocycles. The molecule has 192 valence electrons. The number of H-pyrrole nitrogens is 1. The summed E-state index contributed by atoms with van der Waals surface area (Å²) in [5.41, 5.74) is 2.48. The predicted molar refractivity (Wildman–Crippen MR) is 137 cm³/mol. The number of aromatic amines is 1. The van der Waals surface area contributed by atoms with E-state index >= 15 is 4.39 Å². The number of nitrogens with one attached hydrogen (secondary N) is 2. The number of halogens is 1. The second-order valence-electron chi connectivity index (χ2n) is 10.6. The van der Waals surface area contributed by atoms with Crippen LogP contribution in [0.4, 0.5) is 4.39 Å². The summed E-state index contributed by atoms with van der Waals surface area (Å²) in [7, 11) is -3.28. The van der Waals surface area contributed by atoms with Gasteiger partial charge in [-0.15, -0.1) is 0 Å². The highest BCUT2D eigenvalue weighted by Gasteiger charge is 2.41. The Morgan fingerprint density at radius 1 is 1.06 bits per heavy atom. The second kappa shape index (κ2) is 9.52. The van der Waals surface area contributed by atoms with E-state index in [4.69, 9.17) is 4.74 Å². The van der Waals surface area contributed by atoms with Crippen LogP contribution in [-0.4, -0.2) is 74.5 Å². The lowest BCUT2D eigenvalue weighted by atomic mass is 9.78. The highest BCUT2D eigenvalue weighted by Crippen LogP contribution is 2.40. The number of ether oxygens (including phenoxy) is 1. The van der Waals surface area contributed by atoms with Crippen molar-refractivity contribution in [3.8, 4) is 11.4 Å². The maximum atomic E-state index is 15.9. The monoisotopic (exact) mass is 512 g/mol. The zero-order valence-electron chi connectivity index (χ0n) is 20.5. The second-order valence-corrected chi connectivity index (χ2v) is 12.6. The van der Waals surface area contributed by atoms with Crippen LogP contribution in [0.2, 0.25) is 0 Å². The summed E-state index contributed by atoms with van der Waals surface area (Å²) in [6.07, 6.45) is 5.44. The first-order valence-electron chi connectivity index (χ1n) is 12.9. The van der Waals surface area contributed by atoms with E-state index in [0.29, 0.717) is 34.9 Å². The van der Waals surface area contributed by atoms with Crippen LogP contribution < -0.4 is 5.32 Å². The van der Waals surface area contributed by atoms with Crippen molar-refractivity contribution in [2.75, 3.05) is 39.1 Å². The Bertz CT molecular complexity index is 1350. The van der Waals surface area contributed by atoms with E-state index in [-0.39, 0.29) is 16.6 Å². The van der Waals surface area contributed by atoms with Gasteiger partial charge in [0, 0.05) is 29.8 Å². The Labute approximate surface area is 211 Å². The fourth-order valence-corrected chi connectivity index (χ4v) is 6.83. The number of hydrogen-bond donors (Lipinski definition) is 2. The molecule has 0 saturated carbocycles. The minimum atomic E-state index is -3.28. The summed E-state index contributed by atoms with van der Waals surface area (Å²) in [5.74, 6) is 1.01. The molecule has 9 heteroatoms. The van der Waals surface area contributed by atoms with Crippen LogP contribution in [0.15, 0.2) is 41.3 Å². The first-order chi connectivity index (χ1) is 17.4. The van der Waals surface area contributed by atoms with E-state index < -0.39 is 9.84 Å². The van der Waals surface area contributed by atoms with Gasteiger partial charge in [-0.05, 0) is 87.1 Å². The topological polar surface area (TPSA) is 87.3 Å². The van der Waals surface area contributed by atoms with E-state index in [9.17, 15) is 8.42 Å². The number of fused-ring (bicyclic) bond motifs is 1. The molecule has 7 nitrogen and oxygen atoms in total. The number of aromatic nitrogens is 2. The number of nitrogens with zero attached hydrogens (tertiary/aromatic N) is 2. The first kappa shape index (κ1) is 24.0. The van der Waals surface area contributed by atoms with Gasteiger partial charge in [-0.2, -0.15) is 0 Å². The molecule has 3 fully saturated rings. The van der Waals surface area contributed by atoms with Crippen molar-refractivity contribution in [3.05, 3.63) is 47.8 Å². The number of hydrogen-bond acceptors (Lipinski definition) is 6. The fraction of sp³-hybridized carbons (Fsp3) is 0.519. The van der Waals surface area contributed by atoms with Gasteiger partial charge in [-0.3, -0.25) is 4.90 Å². The van der Waals surface area contributed by atoms with Crippen LogP contribution in [0.25, 0.3) is 22.4 Å². The molecular formula is C27H33FN4O3S. The zero-order valence-corrected chi connectivity index (χ0v) is 21.4. The zero-order chi connectivity index (χ0) is 24.9. The van der Waals surface area contributed by atoms with Gasteiger partial charge in [0.15, 0.2) is 15.7 Å². The lowest BCUT2D eigenvalue weighted by Gasteiger charge is -2.50. The Hall–Kier alpha value is -2.33. The van der Waals surface area contributed by atoms with Crippen molar-refractivity contribution >= 4 is 20.9 Å². The largest absolute Gasteiger partial charge is 0.381 e. The molecule has 2 atom stereocenters. The molecule has 3 aromatic rings. The summed E-state index contributed by atoms with van der Waals surface area (Å²) < 4.78 is 45.0. The Balaban J connectivity index is 1.26. The van der Waals surface area contributed by atoms with Gasteiger partial charge in [0.2, 0.25) is 0 Å². The van der Waals surface area contributed by atoms with Gasteiger partial charge < -0.3 is 15.0 Å². The Kier molecular flexibility index (Phi) is 6.35. The Morgan fingerprint density at radius 3 is 2.47 bits per heavy atom. The van der Waals surface area contributed by atoms with Crippen LogP contribution in [0.3, 0.4) is 0 Å². The Morgan fingerprint density at radius 2 is 1.81 bits per heavy atom. The third-order valence-corrected chi connectivity index (χ3v) is 9.42. The molecule has 2 aromatic carbocycles. The molecule has 3 aliphatic rings. The average Bonchev–Trinajstić information content (AvgIpc) is 3.29. The number of benzene rings is 2. The number of sulfone groups is 1. The molecule has 1 aromatic heterocycles. The van der Waals surface area contributed by atoms with E-state index in [1.54, 1.807) is 24.3 Å². The van der Waals surface area contributed by atoms with Gasteiger partial charge >= 0.3 is 0 Å². The van der Waals surface area contributed by atoms with Gasteiger partial charge in [0.25, 0.3) is 0 Å². The fourth-order valence-electron chi connectivity index (χ4n) is 6.20. The third kappa shape index (κ3) is 4.47. The maximum absolute atomic E-state index is 15.9. The van der Waals surface area contributed by atoms with Crippen molar-refractivity contribution in [2.24, 2.45) is 5.92 Å². The van der Waals surface area contributed by atoms with Gasteiger partial charge in [0.05, 0.1) is 23.6 Å². The van der Waals surface area contributed by atoms with Crippen molar-refractivity contribution < 1.29 is 17.5 Å². The van der Waals surface area contributed by atoms with E-state index in [1.807, 2.05) is 12.1 Å². The van der Waals surface area contributed by atoms with Crippen LogP contribution in [0.5, 0.6) is 0 Å². The van der Waals surface area contributed by atoms with Crippen LogP contribution in [-0.2, 0) is 14.6 Å². The van der Waals surface area contributed by atoms with Crippen LogP contribution in [0, 0.1) is 11.7 Å². The van der Waals surface area contributed by atoms with Gasteiger partial charge in [-0.1, -0.05) is 6.07 Å². The van der Waals surface area contributed by atoms with E-state index in [2.05, 4.69) is 20.2 Å². The minimum absolute atomic E-state index is 0.166. The number of rotatable bonds is 5. The molecule has 1 unspecified atom stereocenters. The smallest absolute Gasteiger partial charge is 0.175 e. The van der Waals surface area contributed by atoms with Crippen molar-refractivity contribution in [1.29, 1.82) is 0 Å². The van der Waals surface area contributed by atoms with E-state index in [0.717, 1.165) is 56.8 Å². The molecule has 0 aliphatic carbocycles. The first-order valence-corrected chi connectivity index (χ1v) is 14.8.